The highest BCUT2D eigenvalue weighted by molar-refractivity contribution is 5.95. The number of likely N-dealkylation sites (N-methyl/N-ethyl adjacent to an activating group) is 1. The minimum absolute atomic E-state index is 0.178. The van der Waals surface area contributed by atoms with Gasteiger partial charge in [0.05, 0.1) is 7.11 Å². The fraction of sp³-hybridized carbons (Fsp3) is 0.571. The van der Waals surface area contributed by atoms with Crippen LogP contribution in [0.3, 0.4) is 0 Å². The van der Waals surface area contributed by atoms with Crippen LogP contribution < -0.4 is 10.6 Å². The smallest absolute Gasteiger partial charge is 0.410 e. The SMILES string of the molecule is CCCC[C@@H](NC(=O)[C@H](C)N(C)C(=O)OC(C)(C)C)C(=O)N1CC[C@@H](C)[C@H]1C(=O)N[C@@H](Cc1ccc2ccccc2c1)C(=O)OC. The van der Waals surface area contributed by atoms with E-state index in [9.17, 15) is 24.0 Å². The lowest BCUT2D eigenvalue weighted by Crippen LogP contribution is -2.58. The third-order valence-electron chi connectivity index (χ3n) is 8.41. The summed E-state index contributed by atoms with van der Waals surface area (Å²) >= 11 is 0. The Morgan fingerprint density at radius 1 is 1.02 bits per heavy atom. The Morgan fingerprint density at radius 2 is 1.70 bits per heavy atom. The summed E-state index contributed by atoms with van der Waals surface area (Å²) in [6, 6.07) is 10.2. The van der Waals surface area contributed by atoms with Gasteiger partial charge in [-0.05, 0) is 62.8 Å². The minimum atomic E-state index is -0.955. The number of likely N-dealkylation sites (tertiary alicyclic amines) is 1. The standard InChI is InChI=1S/C35H50N4O7/c1-9-10-15-27(36-30(40)23(3)38(7)34(44)46-35(4,5)6)32(42)39-19-18-22(2)29(39)31(41)37-28(33(43)45-8)21-24-16-17-25-13-11-12-14-26(25)20-24/h11-14,16-17,20,22-23,27-29H,9-10,15,18-19,21H2,1-8H3,(H,36,40)(H,37,41)/t22-,23+,27-,28+,29+/m1/s1. The number of unbranched alkanes of at least 4 members (excludes halogenated alkanes) is 1. The van der Waals surface area contributed by atoms with E-state index in [1.54, 1.807) is 27.7 Å². The second-order valence-electron chi connectivity index (χ2n) is 13.2. The van der Waals surface area contributed by atoms with Gasteiger partial charge in [-0.15, -0.1) is 0 Å². The third-order valence-corrected chi connectivity index (χ3v) is 8.41. The monoisotopic (exact) mass is 638 g/mol. The van der Waals surface area contributed by atoms with E-state index in [1.807, 2.05) is 56.3 Å². The van der Waals surface area contributed by atoms with Crippen LogP contribution in [0.5, 0.6) is 0 Å². The van der Waals surface area contributed by atoms with E-state index in [0.717, 1.165) is 22.8 Å². The number of carbonyl (C=O) groups excluding carboxylic acids is 5. The van der Waals surface area contributed by atoms with Crippen molar-refractivity contribution in [2.24, 2.45) is 5.92 Å². The van der Waals surface area contributed by atoms with Crippen LogP contribution in [0.15, 0.2) is 42.5 Å². The molecular weight excluding hydrogens is 588 g/mol. The van der Waals surface area contributed by atoms with Crippen molar-refractivity contribution >= 4 is 40.6 Å². The first-order chi connectivity index (χ1) is 21.7. The van der Waals surface area contributed by atoms with Crippen molar-refractivity contribution in [2.75, 3.05) is 20.7 Å². The number of hydrogen-bond donors (Lipinski definition) is 2. The molecule has 1 saturated heterocycles. The fourth-order valence-electron chi connectivity index (χ4n) is 5.61. The Bertz CT molecular complexity index is 1400. The van der Waals surface area contributed by atoms with Gasteiger partial charge in [0, 0.05) is 20.0 Å². The van der Waals surface area contributed by atoms with Gasteiger partial charge >= 0.3 is 12.1 Å². The summed E-state index contributed by atoms with van der Waals surface area (Å²) in [4.78, 5) is 69.1. The summed E-state index contributed by atoms with van der Waals surface area (Å²) in [5.74, 6) is -2.09. The van der Waals surface area contributed by atoms with Crippen LogP contribution in [0.25, 0.3) is 10.8 Å². The first-order valence-electron chi connectivity index (χ1n) is 16.1. The maximum Gasteiger partial charge on any atom is 0.410 e. The molecule has 4 amide bonds. The molecule has 0 unspecified atom stereocenters. The summed E-state index contributed by atoms with van der Waals surface area (Å²) in [6.45, 7) is 11.0. The first-order valence-corrected chi connectivity index (χ1v) is 16.1. The van der Waals surface area contributed by atoms with E-state index in [2.05, 4.69) is 10.6 Å². The van der Waals surface area contributed by atoms with Gasteiger partial charge in [0.1, 0.15) is 29.8 Å². The zero-order valence-electron chi connectivity index (χ0n) is 28.4. The molecule has 5 atom stereocenters. The van der Waals surface area contributed by atoms with Crippen molar-refractivity contribution in [3.63, 3.8) is 0 Å². The maximum atomic E-state index is 14.0. The largest absolute Gasteiger partial charge is 0.467 e. The highest BCUT2D eigenvalue weighted by atomic mass is 16.6. The van der Waals surface area contributed by atoms with Gasteiger partial charge in [-0.1, -0.05) is 69.2 Å². The highest BCUT2D eigenvalue weighted by Gasteiger charge is 2.43. The lowest BCUT2D eigenvalue weighted by Gasteiger charge is -2.32. The number of fused-ring (bicyclic) bond motifs is 1. The van der Waals surface area contributed by atoms with Gasteiger partial charge in [0.25, 0.3) is 0 Å². The maximum absolute atomic E-state index is 14.0. The second kappa shape index (κ2) is 15.9. The minimum Gasteiger partial charge on any atom is -0.467 e. The van der Waals surface area contributed by atoms with Crippen molar-refractivity contribution in [1.29, 1.82) is 0 Å². The zero-order valence-corrected chi connectivity index (χ0v) is 28.4. The van der Waals surface area contributed by atoms with E-state index in [1.165, 1.54) is 24.0 Å². The third kappa shape index (κ3) is 9.43. The second-order valence-corrected chi connectivity index (χ2v) is 13.2. The highest BCUT2D eigenvalue weighted by Crippen LogP contribution is 2.26. The molecule has 46 heavy (non-hydrogen) atoms. The molecule has 0 bridgehead atoms. The predicted octanol–water partition coefficient (Wildman–Crippen LogP) is 4.21. The average molecular weight is 639 g/mol. The van der Waals surface area contributed by atoms with Gasteiger partial charge in [-0.25, -0.2) is 9.59 Å². The predicted molar refractivity (Wildman–Crippen MR) is 176 cm³/mol. The molecule has 1 aliphatic rings. The van der Waals surface area contributed by atoms with Crippen LogP contribution in [0, 0.1) is 5.92 Å². The molecular formula is C35H50N4O7. The van der Waals surface area contributed by atoms with Crippen LogP contribution in [0.2, 0.25) is 0 Å². The number of amides is 4. The molecule has 1 aliphatic heterocycles. The number of rotatable bonds is 12. The fourth-order valence-corrected chi connectivity index (χ4v) is 5.61. The van der Waals surface area contributed by atoms with E-state index < -0.39 is 53.6 Å². The van der Waals surface area contributed by atoms with Gasteiger partial charge in [0.2, 0.25) is 17.7 Å². The molecule has 0 radical (unpaired) electrons. The molecule has 1 fully saturated rings. The lowest BCUT2D eigenvalue weighted by atomic mass is 9.99. The number of esters is 1. The topological polar surface area (TPSA) is 134 Å². The molecule has 2 aromatic rings. The van der Waals surface area contributed by atoms with Crippen LogP contribution in [0.4, 0.5) is 4.79 Å². The van der Waals surface area contributed by atoms with Crippen LogP contribution in [0.1, 0.15) is 72.8 Å². The Kier molecular flexibility index (Phi) is 12.6. The molecule has 0 spiro atoms. The molecule has 0 aromatic heterocycles. The van der Waals surface area contributed by atoms with Gasteiger partial charge < -0.3 is 25.0 Å². The normalized spacial score (nSPS) is 18.3. The van der Waals surface area contributed by atoms with Crippen molar-refractivity contribution in [3.05, 3.63) is 48.0 Å². The van der Waals surface area contributed by atoms with E-state index >= 15 is 0 Å². The van der Waals surface area contributed by atoms with E-state index in [0.29, 0.717) is 25.8 Å². The molecule has 0 saturated carbocycles. The van der Waals surface area contributed by atoms with Crippen molar-refractivity contribution in [2.45, 2.75) is 103 Å². The number of carbonyl (C=O) groups is 5. The Balaban J connectivity index is 1.76. The summed E-state index contributed by atoms with van der Waals surface area (Å²) < 4.78 is 10.4. The Morgan fingerprint density at radius 3 is 2.33 bits per heavy atom. The summed E-state index contributed by atoms with van der Waals surface area (Å²) in [7, 11) is 2.75. The van der Waals surface area contributed by atoms with Gasteiger partial charge in [-0.2, -0.15) is 0 Å². The van der Waals surface area contributed by atoms with Crippen LogP contribution in [-0.4, -0.2) is 90.1 Å². The van der Waals surface area contributed by atoms with E-state index in [-0.39, 0.29) is 18.2 Å². The first kappa shape index (κ1) is 36.3. The quantitative estimate of drug-likeness (QED) is 0.333. The Labute approximate surface area is 272 Å². The summed E-state index contributed by atoms with van der Waals surface area (Å²) in [5.41, 5.74) is 0.126. The lowest BCUT2D eigenvalue weighted by molar-refractivity contribution is -0.147. The summed E-state index contributed by atoms with van der Waals surface area (Å²) in [6.07, 6.45) is 1.99. The average Bonchev–Trinajstić information content (AvgIpc) is 3.41. The van der Waals surface area contributed by atoms with Crippen molar-refractivity contribution < 1.29 is 33.4 Å². The molecule has 11 heteroatoms. The van der Waals surface area contributed by atoms with Gasteiger partial charge in [-0.3, -0.25) is 19.3 Å². The van der Waals surface area contributed by atoms with Crippen LogP contribution >= 0.6 is 0 Å². The van der Waals surface area contributed by atoms with Gasteiger partial charge in [0.15, 0.2) is 0 Å². The number of methoxy groups -OCH3 is 1. The van der Waals surface area contributed by atoms with E-state index in [4.69, 9.17) is 9.47 Å². The molecule has 252 valence electrons. The molecule has 1 heterocycles. The zero-order chi connectivity index (χ0) is 34.2. The molecule has 11 nitrogen and oxygen atoms in total. The number of ether oxygens (including phenoxy) is 2. The van der Waals surface area contributed by atoms with Crippen LogP contribution in [-0.2, 0) is 35.1 Å². The number of nitrogens with zero attached hydrogens (tertiary/aromatic N) is 2. The van der Waals surface area contributed by atoms with Crippen molar-refractivity contribution in [3.8, 4) is 0 Å². The summed E-state index contributed by atoms with van der Waals surface area (Å²) in [5, 5.41) is 7.77. The number of benzene rings is 2. The molecule has 0 aliphatic carbocycles. The number of nitrogens with one attached hydrogen (secondary N) is 2. The molecule has 2 aromatic carbocycles. The van der Waals surface area contributed by atoms with Crippen molar-refractivity contribution in [1.82, 2.24) is 20.4 Å². The molecule has 3 rings (SSSR count). The Hall–Kier alpha value is -4.15. The molecule has 2 N–H and O–H groups in total. The number of hydrogen-bond acceptors (Lipinski definition) is 7.